The standard InChI is InChI=1S/C15H20BrN3O2/c1-10-6-11(7-17)8-19(10)9-14(20)18-15(21)12-4-2-3-5-13(12)16/h2-5,10-11H,6-9,17H2,1H3,(H,18,20,21). The highest BCUT2D eigenvalue weighted by molar-refractivity contribution is 9.10. The number of hydrogen-bond donors (Lipinski definition) is 2. The van der Waals surface area contributed by atoms with E-state index in [2.05, 4.69) is 33.1 Å². The zero-order valence-corrected chi connectivity index (χ0v) is 13.6. The Morgan fingerprint density at radius 1 is 1.43 bits per heavy atom. The van der Waals surface area contributed by atoms with E-state index in [1.807, 2.05) is 6.07 Å². The maximum atomic E-state index is 12.1. The van der Waals surface area contributed by atoms with Gasteiger partial charge >= 0.3 is 0 Å². The third-order valence-electron chi connectivity index (χ3n) is 3.84. The van der Waals surface area contributed by atoms with Crippen LogP contribution >= 0.6 is 15.9 Å². The SMILES string of the molecule is CC1CC(CN)CN1CC(=O)NC(=O)c1ccccc1Br. The van der Waals surface area contributed by atoms with Gasteiger partial charge in [0.15, 0.2) is 0 Å². The summed E-state index contributed by atoms with van der Waals surface area (Å²) in [6.07, 6.45) is 1.00. The number of carbonyl (C=O) groups excluding carboxylic acids is 2. The van der Waals surface area contributed by atoms with Crippen LogP contribution in [-0.2, 0) is 4.79 Å². The van der Waals surface area contributed by atoms with Crippen LogP contribution in [0.25, 0.3) is 0 Å². The van der Waals surface area contributed by atoms with E-state index in [9.17, 15) is 9.59 Å². The first-order valence-corrected chi connectivity index (χ1v) is 7.83. The number of carbonyl (C=O) groups is 2. The van der Waals surface area contributed by atoms with E-state index in [1.54, 1.807) is 18.2 Å². The Morgan fingerprint density at radius 2 is 2.14 bits per heavy atom. The molecule has 1 aliphatic rings. The molecule has 2 unspecified atom stereocenters. The van der Waals surface area contributed by atoms with Gasteiger partial charge in [0.25, 0.3) is 5.91 Å². The molecule has 1 fully saturated rings. The van der Waals surface area contributed by atoms with Crippen LogP contribution in [0.5, 0.6) is 0 Å². The number of nitrogens with one attached hydrogen (secondary N) is 1. The number of nitrogens with zero attached hydrogens (tertiary/aromatic N) is 1. The van der Waals surface area contributed by atoms with Crippen molar-refractivity contribution in [3.05, 3.63) is 34.3 Å². The fraction of sp³-hybridized carbons (Fsp3) is 0.467. The third kappa shape index (κ3) is 4.12. The molecule has 1 aliphatic heterocycles. The Labute approximate surface area is 133 Å². The van der Waals surface area contributed by atoms with Gasteiger partial charge in [-0.05, 0) is 53.9 Å². The van der Waals surface area contributed by atoms with Crippen molar-refractivity contribution in [3.8, 4) is 0 Å². The molecule has 2 rings (SSSR count). The Morgan fingerprint density at radius 3 is 2.76 bits per heavy atom. The summed E-state index contributed by atoms with van der Waals surface area (Å²) in [4.78, 5) is 26.1. The Kier molecular flexibility index (Phi) is 5.50. The molecule has 2 amide bonds. The molecular formula is C15H20BrN3O2. The van der Waals surface area contributed by atoms with E-state index in [4.69, 9.17) is 5.73 Å². The van der Waals surface area contributed by atoms with Crippen LogP contribution < -0.4 is 11.1 Å². The van der Waals surface area contributed by atoms with Gasteiger partial charge in [0.05, 0.1) is 12.1 Å². The van der Waals surface area contributed by atoms with E-state index in [0.29, 0.717) is 28.5 Å². The summed E-state index contributed by atoms with van der Waals surface area (Å²) in [6.45, 7) is 3.76. The summed E-state index contributed by atoms with van der Waals surface area (Å²) in [7, 11) is 0. The first kappa shape index (κ1) is 16.1. The average molecular weight is 354 g/mol. The van der Waals surface area contributed by atoms with E-state index >= 15 is 0 Å². The normalized spacial score (nSPS) is 22.2. The van der Waals surface area contributed by atoms with E-state index < -0.39 is 0 Å². The van der Waals surface area contributed by atoms with Crippen molar-refractivity contribution in [2.24, 2.45) is 11.7 Å². The van der Waals surface area contributed by atoms with Crippen LogP contribution in [0.1, 0.15) is 23.7 Å². The predicted octanol–water partition coefficient (Wildman–Crippen LogP) is 1.37. The Balaban J connectivity index is 1.90. The number of benzene rings is 1. The number of halogens is 1. The maximum absolute atomic E-state index is 12.1. The number of likely N-dealkylation sites (tertiary alicyclic amines) is 1. The molecule has 0 saturated carbocycles. The van der Waals surface area contributed by atoms with Gasteiger partial charge in [-0.1, -0.05) is 12.1 Å². The third-order valence-corrected chi connectivity index (χ3v) is 4.53. The quantitative estimate of drug-likeness (QED) is 0.857. The average Bonchev–Trinajstić information content (AvgIpc) is 2.79. The minimum atomic E-state index is -0.380. The molecule has 6 heteroatoms. The molecule has 1 saturated heterocycles. The molecule has 3 N–H and O–H groups in total. The zero-order chi connectivity index (χ0) is 15.4. The van der Waals surface area contributed by atoms with E-state index in [-0.39, 0.29) is 18.4 Å². The van der Waals surface area contributed by atoms with Crippen molar-refractivity contribution in [1.29, 1.82) is 0 Å². The van der Waals surface area contributed by atoms with Crippen molar-refractivity contribution in [3.63, 3.8) is 0 Å². The Bertz CT molecular complexity index is 535. The van der Waals surface area contributed by atoms with Gasteiger partial charge in [0, 0.05) is 17.1 Å². The number of nitrogens with two attached hydrogens (primary N) is 1. The number of amides is 2. The maximum Gasteiger partial charge on any atom is 0.259 e. The topological polar surface area (TPSA) is 75.4 Å². The van der Waals surface area contributed by atoms with Gasteiger partial charge < -0.3 is 5.73 Å². The molecule has 5 nitrogen and oxygen atoms in total. The monoisotopic (exact) mass is 353 g/mol. The molecule has 1 aromatic rings. The molecule has 1 aromatic carbocycles. The summed E-state index contributed by atoms with van der Waals surface area (Å²) in [5, 5.41) is 2.44. The van der Waals surface area contributed by atoms with Crippen LogP contribution in [0.3, 0.4) is 0 Å². The summed E-state index contributed by atoms with van der Waals surface area (Å²) < 4.78 is 0.674. The number of hydrogen-bond acceptors (Lipinski definition) is 4. The minimum absolute atomic E-state index is 0.230. The van der Waals surface area contributed by atoms with Gasteiger partial charge in [0.1, 0.15) is 0 Å². The van der Waals surface area contributed by atoms with Gasteiger partial charge in [-0.25, -0.2) is 0 Å². The lowest BCUT2D eigenvalue weighted by Crippen LogP contribution is -2.41. The van der Waals surface area contributed by atoms with Crippen molar-refractivity contribution < 1.29 is 9.59 Å². The van der Waals surface area contributed by atoms with Crippen LogP contribution in [0, 0.1) is 5.92 Å². The molecule has 21 heavy (non-hydrogen) atoms. The molecule has 0 bridgehead atoms. The lowest BCUT2D eigenvalue weighted by molar-refractivity contribution is -0.121. The zero-order valence-electron chi connectivity index (χ0n) is 12.0. The molecule has 0 radical (unpaired) electrons. The second-order valence-electron chi connectivity index (χ2n) is 5.47. The first-order chi connectivity index (χ1) is 10.0. The van der Waals surface area contributed by atoms with Gasteiger partial charge in [-0.2, -0.15) is 0 Å². The minimum Gasteiger partial charge on any atom is -0.330 e. The van der Waals surface area contributed by atoms with Crippen LogP contribution in [-0.4, -0.2) is 42.4 Å². The fourth-order valence-electron chi connectivity index (χ4n) is 2.67. The first-order valence-electron chi connectivity index (χ1n) is 7.04. The number of rotatable bonds is 4. The van der Waals surface area contributed by atoms with Gasteiger partial charge in [-0.3, -0.25) is 19.8 Å². The summed E-state index contributed by atoms with van der Waals surface area (Å²) in [5.74, 6) is -0.221. The van der Waals surface area contributed by atoms with Crippen molar-refractivity contribution in [1.82, 2.24) is 10.2 Å². The lowest BCUT2D eigenvalue weighted by atomic mass is 10.1. The molecule has 0 spiro atoms. The lowest BCUT2D eigenvalue weighted by Gasteiger charge is -2.20. The highest BCUT2D eigenvalue weighted by atomic mass is 79.9. The van der Waals surface area contributed by atoms with Crippen LogP contribution in [0.15, 0.2) is 28.7 Å². The molecule has 0 aliphatic carbocycles. The highest BCUT2D eigenvalue weighted by Gasteiger charge is 2.29. The highest BCUT2D eigenvalue weighted by Crippen LogP contribution is 2.21. The van der Waals surface area contributed by atoms with E-state index in [0.717, 1.165) is 13.0 Å². The smallest absolute Gasteiger partial charge is 0.259 e. The molecular weight excluding hydrogens is 334 g/mol. The fourth-order valence-corrected chi connectivity index (χ4v) is 3.14. The van der Waals surface area contributed by atoms with Gasteiger partial charge in [-0.15, -0.1) is 0 Å². The summed E-state index contributed by atoms with van der Waals surface area (Å²) in [6, 6.07) is 7.35. The van der Waals surface area contributed by atoms with Crippen LogP contribution in [0.4, 0.5) is 0 Å². The predicted molar refractivity (Wildman–Crippen MR) is 84.8 cm³/mol. The second-order valence-corrected chi connectivity index (χ2v) is 6.33. The van der Waals surface area contributed by atoms with Crippen molar-refractivity contribution in [2.75, 3.05) is 19.6 Å². The number of imide groups is 1. The summed E-state index contributed by atoms with van der Waals surface area (Å²) in [5.41, 5.74) is 6.13. The summed E-state index contributed by atoms with van der Waals surface area (Å²) >= 11 is 3.31. The van der Waals surface area contributed by atoms with E-state index in [1.165, 1.54) is 0 Å². The largest absolute Gasteiger partial charge is 0.330 e. The molecule has 1 heterocycles. The second kappa shape index (κ2) is 7.15. The van der Waals surface area contributed by atoms with Gasteiger partial charge in [0.2, 0.25) is 5.91 Å². The molecule has 0 aromatic heterocycles. The van der Waals surface area contributed by atoms with Crippen LogP contribution in [0.2, 0.25) is 0 Å². The Hall–Kier alpha value is -1.24. The van der Waals surface area contributed by atoms with Crippen molar-refractivity contribution in [2.45, 2.75) is 19.4 Å². The molecule has 2 atom stereocenters. The van der Waals surface area contributed by atoms with Crippen molar-refractivity contribution >= 4 is 27.7 Å². The molecule has 114 valence electrons.